The van der Waals surface area contributed by atoms with Gasteiger partial charge in [-0.05, 0) is 38.5 Å². The Morgan fingerprint density at radius 2 is 2.12 bits per heavy atom. The van der Waals surface area contributed by atoms with E-state index in [4.69, 9.17) is 4.74 Å². The molecule has 2 N–H and O–H groups in total. The van der Waals surface area contributed by atoms with Crippen LogP contribution in [0.2, 0.25) is 0 Å². The normalized spacial score (nSPS) is 11.6. The maximum atomic E-state index is 5.04. The highest BCUT2D eigenvalue weighted by atomic mass is 16.5. The zero-order valence-corrected chi connectivity index (χ0v) is 14.8. The highest BCUT2D eigenvalue weighted by molar-refractivity contribution is 5.79. The summed E-state index contributed by atoms with van der Waals surface area (Å²) in [6.45, 7) is 8.78. The number of ether oxygens (including phenoxy) is 1. The van der Waals surface area contributed by atoms with E-state index in [-0.39, 0.29) is 0 Å². The van der Waals surface area contributed by atoms with Gasteiger partial charge in [0.25, 0.3) is 0 Å². The van der Waals surface area contributed by atoms with Crippen molar-refractivity contribution in [1.29, 1.82) is 0 Å². The molecule has 0 aromatic carbocycles. The molecule has 7 nitrogen and oxygen atoms in total. The highest BCUT2D eigenvalue weighted by Gasteiger charge is 2.05. The lowest BCUT2D eigenvalue weighted by Gasteiger charge is -2.10. The van der Waals surface area contributed by atoms with Crippen molar-refractivity contribution in [3.05, 3.63) is 41.3 Å². The summed E-state index contributed by atoms with van der Waals surface area (Å²) in [5, 5.41) is 10.9. The van der Waals surface area contributed by atoms with E-state index in [9.17, 15) is 0 Å². The maximum absolute atomic E-state index is 5.04. The molecule has 0 saturated heterocycles. The Kier molecular flexibility index (Phi) is 6.74. The van der Waals surface area contributed by atoms with E-state index in [0.29, 0.717) is 13.2 Å². The molecule has 2 aromatic rings. The first-order chi connectivity index (χ1) is 11.6. The fourth-order valence-electron chi connectivity index (χ4n) is 2.28. The quantitative estimate of drug-likeness (QED) is 0.458. The van der Waals surface area contributed by atoms with Gasteiger partial charge in [0.15, 0.2) is 11.8 Å². The molecule has 0 radical (unpaired) electrons. The molecular formula is C17H26N6O. The third-order valence-corrected chi connectivity index (χ3v) is 3.40. The van der Waals surface area contributed by atoms with Crippen molar-refractivity contribution < 1.29 is 4.74 Å². The van der Waals surface area contributed by atoms with Gasteiger partial charge in [0.2, 0.25) is 0 Å². The maximum Gasteiger partial charge on any atom is 0.191 e. The fourth-order valence-corrected chi connectivity index (χ4v) is 2.28. The number of aryl methyl sites for hydroxylation is 2. The van der Waals surface area contributed by atoms with Crippen molar-refractivity contribution in [3.63, 3.8) is 0 Å². The first-order valence-corrected chi connectivity index (χ1v) is 8.13. The smallest absolute Gasteiger partial charge is 0.191 e. The van der Waals surface area contributed by atoms with Crippen LogP contribution >= 0.6 is 0 Å². The molecule has 0 aliphatic heterocycles. The third-order valence-electron chi connectivity index (χ3n) is 3.40. The second-order valence-electron chi connectivity index (χ2n) is 5.48. The molecule has 2 rings (SSSR count). The van der Waals surface area contributed by atoms with Crippen LogP contribution in [0.4, 0.5) is 0 Å². The van der Waals surface area contributed by atoms with E-state index < -0.39 is 0 Å². The Hall–Kier alpha value is -2.41. The van der Waals surface area contributed by atoms with Crippen molar-refractivity contribution in [1.82, 2.24) is 25.4 Å². The molecule has 24 heavy (non-hydrogen) atoms. The number of aromatic nitrogens is 3. The summed E-state index contributed by atoms with van der Waals surface area (Å²) in [5.41, 5.74) is 3.10. The lowest BCUT2D eigenvalue weighted by Crippen LogP contribution is -2.38. The monoisotopic (exact) mass is 330 g/mol. The molecule has 7 heteroatoms. The first-order valence-electron chi connectivity index (χ1n) is 8.13. The van der Waals surface area contributed by atoms with Crippen molar-refractivity contribution >= 4 is 5.96 Å². The van der Waals surface area contributed by atoms with Gasteiger partial charge in [-0.3, -0.25) is 0 Å². The molecular weight excluding hydrogens is 304 g/mol. The average Bonchev–Trinajstić information content (AvgIpc) is 2.92. The van der Waals surface area contributed by atoms with Crippen LogP contribution in [0, 0.1) is 13.8 Å². The van der Waals surface area contributed by atoms with Gasteiger partial charge in [0.1, 0.15) is 0 Å². The van der Waals surface area contributed by atoms with Crippen LogP contribution in [0.5, 0.6) is 0 Å². The van der Waals surface area contributed by atoms with E-state index in [1.165, 1.54) is 0 Å². The van der Waals surface area contributed by atoms with Gasteiger partial charge >= 0.3 is 0 Å². The molecule has 0 aliphatic rings. The molecule has 0 aliphatic carbocycles. The summed E-state index contributed by atoms with van der Waals surface area (Å²) in [4.78, 5) is 9.05. The Morgan fingerprint density at radius 1 is 1.29 bits per heavy atom. The van der Waals surface area contributed by atoms with Gasteiger partial charge in [-0.25, -0.2) is 14.7 Å². The summed E-state index contributed by atoms with van der Waals surface area (Å²) in [5.74, 6) is 1.59. The second kappa shape index (κ2) is 9.02. The SMILES string of the molecule is CCNC(=NCc1ccc(-n2nc(C)cc2C)nc1)NCCOC. The number of pyridine rings is 1. The van der Waals surface area contributed by atoms with Crippen LogP contribution in [0.25, 0.3) is 5.82 Å². The highest BCUT2D eigenvalue weighted by Crippen LogP contribution is 2.10. The molecule has 0 fully saturated rings. The van der Waals surface area contributed by atoms with Crippen LogP contribution in [-0.2, 0) is 11.3 Å². The minimum Gasteiger partial charge on any atom is -0.383 e. The molecule has 0 unspecified atom stereocenters. The first kappa shape index (κ1) is 17.9. The number of hydrogen-bond donors (Lipinski definition) is 2. The molecule has 2 heterocycles. The van der Waals surface area contributed by atoms with Gasteiger partial charge < -0.3 is 15.4 Å². The van der Waals surface area contributed by atoms with E-state index in [2.05, 4.69) is 25.7 Å². The van der Waals surface area contributed by atoms with E-state index in [0.717, 1.165) is 41.8 Å². The molecule has 2 aromatic heterocycles. The number of aliphatic imine (C=N–C) groups is 1. The molecule has 0 spiro atoms. The number of nitrogens with one attached hydrogen (secondary N) is 2. The van der Waals surface area contributed by atoms with Gasteiger partial charge in [0, 0.05) is 32.1 Å². The van der Waals surface area contributed by atoms with Crippen LogP contribution in [0.3, 0.4) is 0 Å². The van der Waals surface area contributed by atoms with Crippen molar-refractivity contribution in [2.75, 3.05) is 26.8 Å². The summed E-state index contributed by atoms with van der Waals surface area (Å²) >= 11 is 0. The van der Waals surface area contributed by atoms with Crippen LogP contribution in [0.15, 0.2) is 29.4 Å². The molecule has 0 atom stereocenters. The van der Waals surface area contributed by atoms with Crippen LogP contribution in [-0.4, -0.2) is 47.5 Å². The Labute approximate surface area is 143 Å². The number of nitrogens with zero attached hydrogens (tertiary/aromatic N) is 4. The molecule has 0 amide bonds. The predicted molar refractivity (Wildman–Crippen MR) is 95.5 cm³/mol. The summed E-state index contributed by atoms with van der Waals surface area (Å²) < 4.78 is 6.88. The number of rotatable bonds is 7. The zero-order valence-electron chi connectivity index (χ0n) is 14.8. The van der Waals surface area contributed by atoms with E-state index in [1.807, 2.05) is 49.8 Å². The van der Waals surface area contributed by atoms with Gasteiger partial charge in [-0.15, -0.1) is 0 Å². The minimum atomic E-state index is 0.562. The number of hydrogen-bond acceptors (Lipinski definition) is 4. The number of methoxy groups -OCH3 is 1. The topological polar surface area (TPSA) is 76.4 Å². The molecule has 130 valence electrons. The third kappa shape index (κ3) is 5.06. The Morgan fingerprint density at radius 3 is 2.71 bits per heavy atom. The zero-order chi connectivity index (χ0) is 17.4. The van der Waals surface area contributed by atoms with Crippen molar-refractivity contribution in [2.24, 2.45) is 4.99 Å². The Balaban J connectivity index is 2.01. The standard InChI is InChI=1S/C17H26N6O/c1-5-18-17(19-8-9-24-4)21-12-15-6-7-16(20-11-15)23-14(3)10-13(2)22-23/h6-7,10-11H,5,8-9,12H2,1-4H3,(H2,18,19,21). The van der Waals surface area contributed by atoms with E-state index >= 15 is 0 Å². The van der Waals surface area contributed by atoms with E-state index in [1.54, 1.807) is 7.11 Å². The van der Waals surface area contributed by atoms with Crippen molar-refractivity contribution in [3.8, 4) is 5.82 Å². The van der Waals surface area contributed by atoms with Crippen LogP contribution < -0.4 is 10.6 Å². The van der Waals surface area contributed by atoms with Crippen LogP contribution in [0.1, 0.15) is 23.9 Å². The molecule has 0 bridgehead atoms. The Bertz CT molecular complexity index is 662. The second-order valence-corrected chi connectivity index (χ2v) is 5.48. The van der Waals surface area contributed by atoms with Gasteiger partial charge in [0.05, 0.1) is 18.8 Å². The fraction of sp³-hybridized carbons (Fsp3) is 0.471. The number of guanidine groups is 1. The minimum absolute atomic E-state index is 0.562. The summed E-state index contributed by atoms with van der Waals surface area (Å²) in [6.07, 6.45) is 1.84. The van der Waals surface area contributed by atoms with Crippen molar-refractivity contribution in [2.45, 2.75) is 27.3 Å². The largest absolute Gasteiger partial charge is 0.383 e. The lowest BCUT2D eigenvalue weighted by molar-refractivity contribution is 0.203. The predicted octanol–water partition coefficient (Wildman–Crippen LogP) is 1.59. The summed E-state index contributed by atoms with van der Waals surface area (Å²) in [7, 11) is 1.68. The molecule has 0 saturated carbocycles. The average molecular weight is 330 g/mol. The lowest BCUT2D eigenvalue weighted by atomic mass is 10.3. The summed E-state index contributed by atoms with van der Waals surface area (Å²) in [6, 6.07) is 6.03. The van der Waals surface area contributed by atoms with Gasteiger partial charge in [-0.2, -0.15) is 5.10 Å². The van der Waals surface area contributed by atoms with Gasteiger partial charge in [-0.1, -0.05) is 6.07 Å².